The Kier molecular flexibility index (Phi) is 3.93. The lowest BCUT2D eigenvalue weighted by Crippen LogP contribution is -2.17. The van der Waals surface area contributed by atoms with Crippen LogP contribution >= 0.6 is 0 Å². The monoisotopic (exact) mass is 272 g/mol. The minimum atomic E-state index is -1.07. The molecule has 0 radical (unpaired) electrons. The number of carboxylic acids is 1. The van der Waals surface area contributed by atoms with Crippen LogP contribution in [-0.4, -0.2) is 33.1 Å². The first-order chi connectivity index (χ1) is 9.50. The van der Waals surface area contributed by atoms with Crippen molar-refractivity contribution in [3.05, 3.63) is 42.2 Å². The smallest absolute Gasteiger partial charge is 0.356 e. The Morgan fingerprint density at radius 1 is 1.35 bits per heavy atom. The predicted octanol–water partition coefficient (Wildman–Crippen LogP) is 2.46. The van der Waals surface area contributed by atoms with Crippen molar-refractivity contribution in [2.24, 2.45) is 0 Å². The van der Waals surface area contributed by atoms with Gasteiger partial charge < -0.3 is 10.0 Å². The van der Waals surface area contributed by atoms with E-state index in [1.165, 1.54) is 0 Å². The summed E-state index contributed by atoms with van der Waals surface area (Å²) in [4.78, 5) is 25.5. The fourth-order valence-electron chi connectivity index (χ4n) is 1.76. The maximum Gasteiger partial charge on any atom is 0.356 e. The van der Waals surface area contributed by atoms with Crippen molar-refractivity contribution in [3.63, 3.8) is 0 Å². The van der Waals surface area contributed by atoms with Gasteiger partial charge in [-0.1, -0.05) is 13.8 Å². The zero-order valence-electron chi connectivity index (χ0n) is 11.6. The molecule has 2 aromatic heterocycles. The van der Waals surface area contributed by atoms with Crippen LogP contribution in [0.2, 0.25) is 0 Å². The number of rotatable bonds is 4. The van der Waals surface area contributed by atoms with Crippen LogP contribution in [0, 0.1) is 0 Å². The van der Waals surface area contributed by atoms with Gasteiger partial charge in [-0.2, -0.15) is 0 Å². The summed E-state index contributed by atoms with van der Waals surface area (Å²) in [7, 11) is 1.76. The molecule has 104 valence electrons. The minimum Gasteiger partial charge on any atom is -0.476 e. The van der Waals surface area contributed by atoms with Crippen molar-refractivity contribution >= 4 is 17.3 Å². The summed E-state index contributed by atoms with van der Waals surface area (Å²) in [5.41, 5.74) is 1.21. The normalized spacial score (nSPS) is 10.6. The molecular weight excluding hydrogens is 256 g/mol. The minimum absolute atomic E-state index is 0.00458. The van der Waals surface area contributed by atoms with Crippen LogP contribution in [0.1, 0.15) is 36.1 Å². The zero-order valence-corrected chi connectivity index (χ0v) is 11.6. The second-order valence-electron chi connectivity index (χ2n) is 4.69. The Hall–Kier alpha value is -2.50. The van der Waals surface area contributed by atoms with E-state index < -0.39 is 5.97 Å². The molecule has 0 amide bonds. The Balaban J connectivity index is 2.48. The standard InChI is InChI=1S/C14H16N4O2/c1-9(2)13-16-8-11(12(17-13)14(19)20)18(3)10-5-4-6-15-7-10/h4-9H,1-3H3,(H,19,20). The topological polar surface area (TPSA) is 79.2 Å². The van der Waals surface area contributed by atoms with E-state index in [-0.39, 0.29) is 11.6 Å². The first-order valence-electron chi connectivity index (χ1n) is 6.24. The average molecular weight is 272 g/mol. The molecule has 2 aromatic rings. The van der Waals surface area contributed by atoms with Crippen LogP contribution in [0.25, 0.3) is 0 Å². The van der Waals surface area contributed by atoms with Gasteiger partial charge in [0.1, 0.15) is 5.82 Å². The SMILES string of the molecule is CC(C)c1ncc(N(C)c2cccnc2)c(C(=O)O)n1. The third-order valence-electron chi connectivity index (χ3n) is 2.90. The molecular formula is C14H16N4O2. The third-order valence-corrected chi connectivity index (χ3v) is 2.90. The van der Waals surface area contributed by atoms with Gasteiger partial charge in [0, 0.05) is 19.2 Å². The van der Waals surface area contributed by atoms with Crippen LogP contribution < -0.4 is 4.90 Å². The number of anilines is 2. The number of carbonyl (C=O) groups is 1. The molecule has 0 fully saturated rings. The molecule has 0 aliphatic heterocycles. The highest BCUT2D eigenvalue weighted by molar-refractivity contribution is 5.93. The van der Waals surface area contributed by atoms with Gasteiger partial charge in [-0.05, 0) is 12.1 Å². The molecule has 0 bridgehead atoms. The molecule has 0 aromatic carbocycles. The van der Waals surface area contributed by atoms with E-state index in [1.54, 1.807) is 36.6 Å². The van der Waals surface area contributed by atoms with Gasteiger partial charge in [0.2, 0.25) is 0 Å². The van der Waals surface area contributed by atoms with Crippen molar-refractivity contribution < 1.29 is 9.90 Å². The lowest BCUT2D eigenvalue weighted by molar-refractivity contribution is 0.0690. The van der Waals surface area contributed by atoms with Gasteiger partial charge in [-0.3, -0.25) is 4.98 Å². The van der Waals surface area contributed by atoms with Crippen LogP contribution in [-0.2, 0) is 0 Å². The zero-order chi connectivity index (χ0) is 14.7. The van der Waals surface area contributed by atoms with Gasteiger partial charge in [-0.25, -0.2) is 14.8 Å². The Morgan fingerprint density at radius 2 is 2.10 bits per heavy atom. The van der Waals surface area contributed by atoms with Gasteiger partial charge in [0.15, 0.2) is 5.69 Å². The van der Waals surface area contributed by atoms with Crippen LogP contribution in [0.5, 0.6) is 0 Å². The summed E-state index contributed by atoms with van der Waals surface area (Å²) in [6.07, 6.45) is 4.86. The van der Waals surface area contributed by atoms with E-state index in [0.29, 0.717) is 11.5 Å². The van der Waals surface area contributed by atoms with Gasteiger partial charge in [0.05, 0.1) is 23.8 Å². The molecule has 2 heterocycles. The molecule has 1 N–H and O–H groups in total. The van der Waals surface area contributed by atoms with E-state index in [1.807, 2.05) is 19.9 Å². The summed E-state index contributed by atoms with van der Waals surface area (Å²) >= 11 is 0. The van der Waals surface area contributed by atoms with Gasteiger partial charge in [-0.15, -0.1) is 0 Å². The van der Waals surface area contributed by atoms with Crippen LogP contribution in [0.3, 0.4) is 0 Å². The Bertz CT molecular complexity index is 614. The summed E-state index contributed by atoms with van der Waals surface area (Å²) in [5, 5.41) is 9.34. The molecule has 0 spiro atoms. The molecule has 0 saturated heterocycles. The van der Waals surface area contributed by atoms with Gasteiger partial charge >= 0.3 is 5.97 Å². The fourth-order valence-corrected chi connectivity index (χ4v) is 1.76. The van der Waals surface area contributed by atoms with Crippen molar-refractivity contribution in [2.75, 3.05) is 11.9 Å². The van der Waals surface area contributed by atoms with Gasteiger partial charge in [0.25, 0.3) is 0 Å². The first-order valence-corrected chi connectivity index (χ1v) is 6.24. The predicted molar refractivity (Wildman–Crippen MR) is 75.4 cm³/mol. The molecule has 2 rings (SSSR count). The van der Waals surface area contributed by atoms with E-state index in [2.05, 4.69) is 15.0 Å². The number of aromatic carboxylic acids is 1. The number of carboxylic acid groups (broad SMARTS) is 1. The second kappa shape index (κ2) is 5.64. The number of aromatic nitrogens is 3. The van der Waals surface area contributed by atoms with E-state index in [9.17, 15) is 9.90 Å². The second-order valence-corrected chi connectivity index (χ2v) is 4.69. The number of hydrogen-bond acceptors (Lipinski definition) is 5. The molecule has 0 unspecified atom stereocenters. The summed E-state index contributed by atoms with van der Waals surface area (Å²) in [6, 6.07) is 3.63. The maximum atomic E-state index is 11.4. The molecule has 0 aliphatic rings. The van der Waals surface area contributed by atoms with E-state index >= 15 is 0 Å². The van der Waals surface area contributed by atoms with Crippen LogP contribution in [0.4, 0.5) is 11.4 Å². The summed E-state index contributed by atoms with van der Waals surface area (Å²) in [6.45, 7) is 3.84. The molecule has 0 saturated carbocycles. The quantitative estimate of drug-likeness (QED) is 0.921. The maximum absolute atomic E-state index is 11.4. The summed E-state index contributed by atoms with van der Waals surface area (Å²) < 4.78 is 0. The fraction of sp³-hybridized carbons (Fsp3) is 0.286. The lowest BCUT2D eigenvalue weighted by Gasteiger charge is -2.20. The van der Waals surface area contributed by atoms with E-state index in [4.69, 9.17) is 0 Å². The molecule has 6 heteroatoms. The average Bonchev–Trinajstić information content (AvgIpc) is 2.46. The first kappa shape index (κ1) is 13.9. The highest BCUT2D eigenvalue weighted by Crippen LogP contribution is 2.25. The Morgan fingerprint density at radius 3 is 2.65 bits per heavy atom. The number of pyridine rings is 1. The highest BCUT2D eigenvalue weighted by Gasteiger charge is 2.19. The summed E-state index contributed by atoms with van der Waals surface area (Å²) in [5.74, 6) is -0.475. The highest BCUT2D eigenvalue weighted by atomic mass is 16.4. The number of hydrogen-bond donors (Lipinski definition) is 1. The molecule has 6 nitrogen and oxygen atoms in total. The van der Waals surface area contributed by atoms with Crippen molar-refractivity contribution in [2.45, 2.75) is 19.8 Å². The Labute approximate surface area is 117 Å². The van der Waals surface area contributed by atoms with Crippen LogP contribution in [0.15, 0.2) is 30.7 Å². The third kappa shape index (κ3) is 2.74. The largest absolute Gasteiger partial charge is 0.476 e. The van der Waals surface area contributed by atoms with Crippen molar-refractivity contribution in [1.82, 2.24) is 15.0 Å². The lowest BCUT2D eigenvalue weighted by atomic mass is 10.2. The number of nitrogens with zero attached hydrogens (tertiary/aromatic N) is 4. The molecule has 20 heavy (non-hydrogen) atoms. The van der Waals surface area contributed by atoms with Crippen molar-refractivity contribution in [1.29, 1.82) is 0 Å². The van der Waals surface area contributed by atoms with E-state index in [0.717, 1.165) is 5.69 Å². The molecule has 0 aliphatic carbocycles. The molecule has 0 atom stereocenters. The van der Waals surface area contributed by atoms with Crippen molar-refractivity contribution in [3.8, 4) is 0 Å².